The first-order valence-electron chi connectivity index (χ1n) is 4.99. The van der Waals surface area contributed by atoms with Gasteiger partial charge in [0, 0.05) is 11.4 Å². The number of carboxylic acids is 2. The highest BCUT2D eigenvalue weighted by atomic mass is 16.4. The van der Waals surface area contributed by atoms with Crippen molar-refractivity contribution in [2.24, 2.45) is 0 Å². The monoisotopic (exact) mass is 246 g/mol. The fraction of sp³-hybridized carbons (Fsp3) is 0. The van der Waals surface area contributed by atoms with Crippen LogP contribution in [0.3, 0.4) is 0 Å². The van der Waals surface area contributed by atoms with E-state index in [1.54, 1.807) is 0 Å². The van der Waals surface area contributed by atoms with E-state index in [9.17, 15) is 9.59 Å². The largest absolute Gasteiger partial charge is 0.478 e. The minimum Gasteiger partial charge on any atom is -0.478 e. The van der Waals surface area contributed by atoms with Crippen molar-refractivity contribution in [2.45, 2.75) is 0 Å². The van der Waals surface area contributed by atoms with Crippen molar-refractivity contribution in [3.8, 4) is 0 Å². The molecule has 0 amide bonds. The van der Waals surface area contributed by atoms with Crippen LogP contribution in [0.4, 0.5) is 11.4 Å². The van der Waals surface area contributed by atoms with E-state index in [1.165, 1.54) is 24.3 Å². The molecule has 0 radical (unpaired) electrons. The molecule has 2 aromatic rings. The molecule has 0 aliphatic rings. The first-order chi connectivity index (χ1) is 8.40. The molecule has 6 nitrogen and oxygen atoms in total. The molecule has 0 aliphatic carbocycles. The van der Waals surface area contributed by atoms with Crippen LogP contribution in [-0.2, 0) is 0 Å². The van der Waals surface area contributed by atoms with Crippen LogP contribution in [0.5, 0.6) is 0 Å². The SMILES string of the molecule is Nc1cc2cc(C(=O)O)c(N)cc2cc1C(=O)O. The van der Waals surface area contributed by atoms with E-state index < -0.39 is 11.9 Å². The second-order valence-electron chi connectivity index (χ2n) is 3.84. The van der Waals surface area contributed by atoms with Gasteiger partial charge in [-0.2, -0.15) is 0 Å². The minimum absolute atomic E-state index is 0.0371. The Hall–Kier alpha value is -2.76. The van der Waals surface area contributed by atoms with Crippen molar-refractivity contribution in [2.75, 3.05) is 11.5 Å². The predicted octanol–water partition coefficient (Wildman–Crippen LogP) is 1.40. The molecule has 0 fully saturated rings. The maximum absolute atomic E-state index is 10.9. The van der Waals surface area contributed by atoms with Gasteiger partial charge in [0.05, 0.1) is 11.1 Å². The van der Waals surface area contributed by atoms with Gasteiger partial charge in [-0.05, 0) is 35.0 Å². The molecule has 0 atom stereocenters. The van der Waals surface area contributed by atoms with E-state index in [2.05, 4.69) is 0 Å². The standard InChI is InChI=1S/C12H10N2O4/c13-9-4-6-2-8(12(17)18)10(14)3-5(6)1-7(9)11(15)16/h1-4H,13-14H2,(H,15,16)(H,17,18). The number of nitrogens with two attached hydrogens (primary N) is 2. The number of aromatic carboxylic acids is 2. The van der Waals surface area contributed by atoms with Crippen LogP contribution in [0.1, 0.15) is 20.7 Å². The maximum atomic E-state index is 10.9. The van der Waals surface area contributed by atoms with Crippen LogP contribution >= 0.6 is 0 Å². The Morgan fingerprint density at radius 3 is 1.39 bits per heavy atom. The molecule has 0 heterocycles. The zero-order valence-corrected chi connectivity index (χ0v) is 9.18. The number of carboxylic acid groups (broad SMARTS) is 2. The first kappa shape index (κ1) is 11.7. The van der Waals surface area contributed by atoms with E-state index in [1.807, 2.05) is 0 Å². The lowest BCUT2D eigenvalue weighted by atomic mass is 10.0. The van der Waals surface area contributed by atoms with Gasteiger partial charge in [-0.3, -0.25) is 0 Å². The molecule has 0 aliphatic heterocycles. The van der Waals surface area contributed by atoms with Crippen molar-refractivity contribution < 1.29 is 19.8 Å². The molecular formula is C12H10N2O4. The van der Waals surface area contributed by atoms with Gasteiger partial charge in [-0.25, -0.2) is 9.59 Å². The van der Waals surface area contributed by atoms with E-state index in [4.69, 9.17) is 21.7 Å². The quantitative estimate of drug-likeness (QED) is 0.593. The molecular weight excluding hydrogens is 236 g/mol. The fourth-order valence-electron chi connectivity index (χ4n) is 1.76. The summed E-state index contributed by atoms with van der Waals surface area (Å²) in [7, 11) is 0. The number of nitrogen functional groups attached to an aromatic ring is 2. The number of fused-ring (bicyclic) bond motifs is 1. The van der Waals surface area contributed by atoms with Gasteiger partial charge >= 0.3 is 11.9 Å². The summed E-state index contributed by atoms with van der Waals surface area (Å²) in [6, 6.07) is 5.58. The Kier molecular flexibility index (Phi) is 2.55. The van der Waals surface area contributed by atoms with E-state index in [0.717, 1.165) is 0 Å². The van der Waals surface area contributed by atoms with Crippen molar-refractivity contribution in [3.05, 3.63) is 35.4 Å². The van der Waals surface area contributed by atoms with E-state index >= 15 is 0 Å². The summed E-state index contributed by atoms with van der Waals surface area (Å²) in [6.45, 7) is 0. The average Bonchev–Trinajstić information content (AvgIpc) is 2.27. The molecule has 0 bridgehead atoms. The normalized spacial score (nSPS) is 10.4. The molecule has 0 aromatic heterocycles. The number of benzene rings is 2. The zero-order chi connectivity index (χ0) is 13.4. The van der Waals surface area contributed by atoms with Gasteiger partial charge in [0.2, 0.25) is 0 Å². The van der Waals surface area contributed by atoms with Gasteiger partial charge in [-0.1, -0.05) is 0 Å². The molecule has 0 saturated carbocycles. The van der Waals surface area contributed by atoms with Gasteiger partial charge in [0.25, 0.3) is 0 Å². The Bertz CT molecular complexity index is 620. The van der Waals surface area contributed by atoms with Crippen molar-refractivity contribution in [1.29, 1.82) is 0 Å². The van der Waals surface area contributed by atoms with E-state index in [-0.39, 0.29) is 22.5 Å². The number of carbonyl (C=O) groups is 2. The molecule has 0 spiro atoms. The summed E-state index contributed by atoms with van der Waals surface area (Å²) in [5.74, 6) is -2.29. The summed E-state index contributed by atoms with van der Waals surface area (Å²) < 4.78 is 0. The van der Waals surface area contributed by atoms with Crippen molar-refractivity contribution in [1.82, 2.24) is 0 Å². The predicted molar refractivity (Wildman–Crippen MR) is 66.7 cm³/mol. The van der Waals surface area contributed by atoms with Crippen molar-refractivity contribution in [3.63, 3.8) is 0 Å². The van der Waals surface area contributed by atoms with Crippen molar-refractivity contribution >= 4 is 34.1 Å². The molecule has 18 heavy (non-hydrogen) atoms. The van der Waals surface area contributed by atoms with Crippen LogP contribution < -0.4 is 11.5 Å². The molecule has 0 saturated heterocycles. The van der Waals surface area contributed by atoms with Crippen LogP contribution in [0.15, 0.2) is 24.3 Å². The number of hydrogen-bond acceptors (Lipinski definition) is 4. The average molecular weight is 246 g/mol. The Morgan fingerprint density at radius 2 is 1.11 bits per heavy atom. The Morgan fingerprint density at radius 1 is 0.778 bits per heavy atom. The third-order valence-corrected chi connectivity index (χ3v) is 2.64. The van der Waals surface area contributed by atoms with Crippen LogP contribution in [0.2, 0.25) is 0 Å². The highest BCUT2D eigenvalue weighted by molar-refractivity contribution is 6.04. The summed E-state index contributed by atoms with van der Waals surface area (Å²) >= 11 is 0. The van der Waals surface area contributed by atoms with Gasteiger partial charge in [0.15, 0.2) is 0 Å². The third-order valence-electron chi connectivity index (χ3n) is 2.64. The molecule has 2 rings (SSSR count). The highest BCUT2D eigenvalue weighted by Crippen LogP contribution is 2.26. The minimum atomic E-state index is -1.14. The summed E-state index contributed by atoms with van der Waals surface area (Å²) in [6.07, 6.45) is 0. The molecule has 92 valence electrons. The van der Waals surface area contributed by atoms with Gasteiger partial charge in [-0.15, -0.1) is 0 Å². The lowest BCUT2D eigenvalue weighted by Crippen LogP contribution is -2.04. The molecule has 2 aromatic carbocycles. The topological polar surface area (TPSA) is 127 Å². The lowest BCUT2D eigenvalue weighted by Gasteiger charge is -2.07. The highest BCUT2D eigenvalue weighted by Gasteiger charge is 2.13. The smallest absolute Gasteiger partial charge is 0.337 e. The van der Waals surface area contributed by atoms with Crippen LogP contribution in [-0.4, -0.2) is 22.2 Å². The van der Waals surface area contributed by atoms with Gasteiger partial charge < -0.3 is 21.7 Å². The lowest BCUT2D eigenvalue weighted by molar-refractivity contribution is 0.0687. The fourth-order valence-corrected chi connectivity index (χ4v) is 1.76. The van der Waals surface area contributed by atoms with Gasteiger partial charge in [0.1, 0.15) is 0 Å². The second-order valence-corrected chi connectivity index (χ2v) is 3.84. The Labute approximate surface area is 101 Å². The van der Waals surface area contributed by atoms with E-state index in [0.29, 0.717) is 10.8 Å². The van der Waals surface area contributed by atoms with Crippen LogP contribution in [0, 0.1) is 0 Å². The Balaban J connectivity index is 2.78. The van der Waals surface area contributed by atoms with Crippen LogP contribution in [0.25, 0.3) is 10.8 Å². The molecule has 0 unspecified atom stereocenters. The summed E-state index contributed by atoms with van der Waals surface area (Å²) in [5.41, 5.74) is 11.3. The maximum Gasteiger partial charge on any atom is 0.337 e. The first-order valence-corrected chi connectivity index (χ1v) is 4.99. The molecule has 6 N–H and O–H groups in total. The number of anilines is 2. The number of rotatable bonds is 2. The summed E-state index contributed by atoms with van der Waals surface area (Å²) in [5, 5.41) is 18.9. The zero-order valence-electron chi connectivity index (χ0n) is 9.18. The third kappa shape index (κ3) is 1.80. The number of hydrogen-bond donors (Lipinski definition) is 4. The molecule has 6 heteroatoms. The summed E-state index contributed by atoms with van der Waals surface area (Å²) in [4.78, 5) is 21.8. The second kappa shape index (κ2) is 3.92.